The topological polar surface area (TPSA) is 142 Å². The van der Waals surface area contributed by atoms with E-state index >= 15 is 0 Å². The third-order valence-corrected chi connectivity index (χ3v) is 3.35. The highest BCUT2D eigenvalue weighted by Crippen LogP contribution is 1.93. The van der Waals surface area contributed by atoms with E-state index < -0.39 is 23.9 Å². The van der Waals surface area contributed by atoms with Crippen LogP contribution in [-0.2, 0) is 57.1 Å². The van der Waals surface area contributed by atoms with Crippen molar-refractivity contribution in [1.82, 2.24) is 0 Å². The predicted molar refractivity (Wildman–Crippen MR) is 105 cm³/mol. The van der Waals surface area contributed by atoms with Crippen molar-refractivity contribution in [2.45, 2.75) is 0 Å². The molecule has 0 saturated carbocycles. The highest BCUT2D eigenvalue weighted by molar-refractivity contribution is 6.05. The van der Waals surface area contributed by atoms with Gasteiger partial charge in [0.1, 0.15) is 0 Å². The number of hydrogen-bond acceptors (Lipinski definition) is 12. The summed E-state index contributed by atoms with van der Waals surface area (Å²) < 4.78 is 39.9. The number of hydrogen-bond donors (Lipinski definition) is 0. The second kappa shape index (κ2) is 19.2. The average Bonchev–Trinajstić information content (AvgIpc) is 3.34. The van der Waals surface area contributed by atoms with E-state index in [1.165, 1.54) is 0 Å². The standard InChI is InChI=1S/C12H24O6.2C4H2O3/c1-2-14-5-6-16-9-10-18-12-11-17-8-7-15-4-3-13-1;2*5-3-1-2-4(6)7-3/h1-12H2;2*1-2H. The van der Waals surface area contributed by atoms with Crippen LogP contribution in [-0.4, -0.2) is 103 Å². The molecule has 32 heavy (non-hydrogen) atoms. The molecule has 180 valence electrons. The van der Waals surface area contributed by atoms with Gasteiger partial charge in [0, 0.05) is 24.3 Å². The SMILES string of the molecule is C1COCCOCCOCCOCCOCCO1.O=C1C=CC(=O)O1.O=C1C=CC(=O)O1. The first-order valence-corrected chi connectivity index (χ1v) is 9.92. The van der Waals surface area contributed by atoms with Gasteiger partial charge in [-0.3, -0.25) is 0 Å². The third kappa shape index (κ3) is 17.2. The lowest BCUT2D eigenvalue weighted by Gasteiger charge is -2.09. The molecule has 0 aromatic heterocycles. The van der Waals surface area contributed by atoms with Crippen LogP contribution in [0.5, 0.6) is 0 Å². The van der Waals surface area contributed by atoms with Crippen molar-refractivity contribution in [2.75, 3.05) is 79.3 Å². The largest absolute Gasteiger partial charge is 0.387 e. The summed E-state index contributed by atoms with van der Waals surface area (Å²) in [5, 5.41) is 0. The quantitative estimate of drug-likeness (QED) is 0.335. The van der Waals surface area contributed by atoms with E-state index in [2.05, 4.69) is 9.47 Å². The van der Waals surface area contributed by atoms with E-state index in [0.717, 1.165) is 24.3 Å². The Hall–Kier alpha value is -2.48. The van der Waals surface area contributed by atoms with Gasteiger partial charge in [-0.15, -0.1) is 0 Å². The Morgan fingerprint density at radius 3 is 0.594 bits per heavy atom. The minimum absolute atomic E-state index is 0.579. The van der Waals surface area contributed by atoms with Crippen molar-refractivity contribution in [3.05, 3.63) is 24.3 Å². The normalized spacial score (nSPS) is 21.2. The molecule has 3 aliphatic heterocycles. The van der Waals surface area contributed by atoms with E-state index in [9.17, 15) is 19.2 Å². The Kier molecular flexibility index (Phi) is 16.6. The zero-order valence-electron chi connectivity index (χ0n) is 17.7. The molecule has 12 heteroatoms. The monoisotopic (exact) mass is 460 g/mol. The Morgan fingerprint density at radius 1 is 0.344 bits per heavy atom. The molecule has 0 aromatic carbocycles. The Balaban J connectivity index is 0.000000295. The highest BCUT2D eigenvalue weighted by Gasteiger charge is 2.11. The maximum Gasteiger partial charge on any atom is 0.338 e. The van der Waals surface area contributed by atoms with E-state index in [-0.39, 0.29) is 0 Å². The molecule has 3 rings (SSSR count). The number of rotatable bonds is 0. The maximum atomic E-state index is 9.92. The lowest BCUT2D eigenvalue weighted by molar-refractivity contribution is -0.151. The first kappa shape index (κ1) is 27.6. The number of esters is 4. The fourth-order valence-corrected chi connectivity index (χ4v) is 1.93. The summed E-state index contributed by atoms with van der Waals surface area (Å²) in [7, 11) is 0. The average molecular weight is 460 g/mol. The van der Waals surface area contributed by atoms with Gasteiger partial charge in [0.15, 0.2) is 0 Å². The molecule has 0 aromatic rings. The lowest BCUT2D eigenvalue weighted by atomic mass is 10.6. The van der Waals surface area contributed by atoms with Crippen molar-refractivity contribution in [1.29, 1.82) is 0 Å². The predicted octanol–water partition coefficient (Wildman–Crippen LogP) is -0.648. The zero-order valence-corrected chi connectivity index (χ0v) is 17.7. The second-order valence-electron chi connectivity index (χ2n) is 5.82. The van der Waals surface area contributed by atoms with E-state index in [1.54, 1.807) is 0 Å². The van der Waals surface area contributed by atoms with E-state index in [1.807, 2.05) is 0 Å². The number of carbonyl (C=O) groups is 4. The third-order valence-electron chi connectivity index (χ3n) is 3.35. The van der Waals surface area contributed by atoms with Gasteiger partial charge in [0.05, 0.1) is 79.3 Å². The van der Waals surface area contributed by atoms with Crippen LogP contribution >= 0.6 is 0 Å². The number of cyclic esters (lactones) is 4. The van der Waals surface area contributed by atoms with Gasteiger partial charge in [0.2, 0.25) is 0 Å². The Morgan fingerprint density at radius 2 is 0.500 bits per heavy atom. The molecule has 0 N–H and O–H groups in total. The summed E-state index contributed by atoms with van der Waals surface area (Å²) in [6, 6.07) is 0. The van der Waals surface area contributed by atoms with Gasteiger partial charge in [-0.1, -0.05) is 0 Å². The van der Waals surface area contributed by atoms with Crippen molar-refractivity contribution < 1.29 is 57.1 Å². The van der Waals surface area contributed by atoms with Crippen molar-refractivity contribution in [3.63, 3.8) is 0 Å². The van der Waals surface area contributed by atoms with Crippen LogP contribution in [0.3, 0.4) is 0 Å². The Bertz CT molecular complexity index is 485. The molecule has 0 unspecified atom stereocenters. The fraction of sp³-hybridized carbons (Fsp3) is 0.600. The summed E-state index contributed by atoms with van der Waals surface area (Å²) in [5.74, 6) is -2.31. The molecule has 0 atom stereocenters. The van der Waals surface area contributed by atoms with Crippen LogP contribution in [0.25, 0.3) is 0 Å². The summed E-state index contributed by atoms with van der Waals surface area (Å²) in [4.78, 5) is 39.7. The zero-order chi connectivity index (χ0) is 23.3. The first-order valence-electron chi connectivity index (χ1n) is 9.92. The minimum atomic E-state index is -0.579. The van der Waals surface area contributed by atoms with Gasteiger partial charge in [0.25, 0.3) is 0 Å². The first-order chi connectivity index (χ1) is 15.6. The maximum absolute atomic E-state index is 9.92. The Labute approximate surface area is 185 Å². The van der Waals surface area contributed by atoms with Gasteiger partial charge < -0.3 is 37.9 Å². The molecule has 12 nitrogen and oxygen atoms in total. The molecule has 0 bridgehead atoms. The number of ether oxygens (including phenoxy) is 8. The van der Waals surface area contributed by atoms with Crippen molar-refractivity contribution >= 4 is 23.9 Å². The fourth-order valence-electron chi connectivity index (χ4n) is 1.93. The van der Waals surface area contributed by atoms with E-state index in [0.29, 0.717) is 79.3 Å². The second-order valence-corrected chi connectivity index (χ2v) is 5.82. The van der Waals surface area contributed by atoms with Crippen molar-refractivity contribution in [2.24, 2.45) is 0 Å². The summed E-state index contributed by atoms with van der Waals surface area (Å²) in [5.41, 5.74) is 0. The molecule has 1 saturated heterocycles. The summed E-state index contributed by atoms with van der Waals surface area (Å²) in [6.45, 7) is 7.04. The molecule has 3 heterocycles. The van der Waals surface area contributed by atoms with Gasteiger partial charge >= 0.3 is 23.9 Å². The molecule has 0 spiro atoms. The minimum Gasteiger partial charge on any atom is -0.387 e. The van der Waals surface area contributed by atoms with Crippen LogP contribution in [0.1, 0.15) is 0 Å². The van der Waals surface area contributed by atoms with Crippen LogP contribution in [0.2, 0.25) is 0 Å². The molecule has 0 aliphatic carbocycles. The summed E-state index contributed by atoms with van der Waals surface area (Å²) in [6.07, 6.45) is 4.34. The van der Waals surface area contributed by atoms with E-state index in [4.69, 9.17) is 28.4 Å². The van der Waals surface area contributed by atoms with Gasteiger partial charge in [-0.05, 0) is 0 Å². The number of carbonyl (C=O) groups excluding carboxylic acids is 4. The molecule has 0 radical (unpaired) electrons. The van der Waals surface area contributed by atoms with Gasteiger partial charge in [-0.25, -0.2) is 19.2 Å². The van der Waals surface area contributed by atoms with Crippen LogP contribution in [0, 0.1) is 0 Å². The molecule has 0 amide bonds. The van der Waals surface area contributed by atoms with Crippen LogP contribution in [0.15, 0.2) is 24.3 Å². The molecule has 3 aliphatic rings. The van der Waals surface area contributed by atoms with Gasteiger partial charge in [-0.2, -0.15) is 0 Å². The van der Waals surface area contributed by atoms with Crippen molar-refractivity contribution in [3.8, 4) is 0 Å². The van der Waals surface area contributed by atoms with Crippen LogP contribution in [0.4, 0.5) is 0 Å². The lowest BCUT2D eigenvalue weighted by Crippen LogP contribution is -2.16. The molecular formula is C20H28O12. The smallest absolute Gasteiger partial charge is 0.338 e. The molecular weight excluding hydrogens is 432 g/mol. The summed E-state index contributed by atoms with van der Waals surface area (Å²) >= 11 is 0. The molecule has 1 fully saturated rings. The highest BCUT2D eigenvalue weighted by atomic mass is 16.6. The van der Waals surface area contributed by atoms with Crippen LogP contribution < -0.4 is 0 Å².